The standard InChI is InChI=1S/C15H19NO/c1-15-7-4-8-16(15)14-11(9-15)10-17-13-6-3-2-5-12(13)14/h2-3,5-6,11,14H,4,7-10H2,1H3/t11?,14?,15-/m0/s1. The Labute approximate surface area is 103 Å². The number of hydrogen-bond acceptors (Lipinski definition) is 2. The summed E-state index contributed by atoms with van der Waals surface area (Å²) >= 11 is 0. The van der Waals surface area contributed by atoms with Crippen LogP contribution in [0.15, 0.2) is 24.3 Å². The molecule has 90 valence electrons. The van der Waals surface area contributed by atoms with Crippen LogP contribution in [-0.2, 0) is 0 Å². The van der Waals surface area contributed by atoms with Gasteiger partial charge in [0, 0.05) is 23.1 Å². The zero-order valence-electron chi connectivity index (χ0n) is 10.4. The summed E-state index contributed by atoms with van der Waals surface area (Å²) in [5, 5.41) is 0. The molecular weight excluding hydrogens is 210 g/mol. The maximum Gasteiger partial charge on any atom is 0.124 e. The number of rotatable bonds is 0. The van der Waals surface area contributed by atoms with Crippen molar-refractivity contribution in [2.24, 2.45) is 5.92 Å². The first-order valence-corrected chi connectivity index (χ1v) is 6.76. The number of ether oxygens (including phenoxy) is 1. The van der Waals surface area contributed by atoms with E-state index < -0.39 is 0 Å². The first-order chi connectivity index (χ1) is 8.28. The summed E-state index contributed by atoms with van der Waals surface area (Å²) in [6.07, 6.45) is 4.04. The molecule has 0 saturated carbocycles. The monoisotopic (exact) mass is 229 g/mol. The molecule has 2 fully saturated rings. The van der Waals surface area contributed by atoms with Gasteiger partial charge in [-0.1, -0.05) is 18.2 Å². The van der Waals surface area contributed by atoms with E-state index in [0.29, 0.717) is 17.5 Å². The molecule has 1 aromatic rings. The van der Waals surface area contributed by atoms with E-state index in [9.17, 15) is 0 Å². The van der Waals surface area contributed by atoms with Crippen molar-refractivity contribution in [3.63, 3.8) is 0 Å². The first-order valence-electron chi connectivity index (χ1n) is 6.76. The molecule has 4 rings (SSSR count). The van der Waals surface area contributed by atoms with Gasteiger partial charge in [0.15, 0.2) is 0 Å². The summed E-state index contributed by atoms with van der Waals surface area (Å²) in [6.45, 7) is 4.63. The normalized spacial score (nSPS) is 39.4. The van der Waals surface area contributed by atoms with E-state index in [0.717, 1.165) is 12.4 Å². The van der Waals surface area contributed by atoms with Gasteiger partial charge in [-0.3, -0.25) is 4.90 Å². The Morgan fingerprint density at radius 2 is 2.24 bits per heavy atom. The fraction of sp³-hybridized carbons (Fsp3) is 0.600. The Balaban J connectivity index is 1.81. The van der Waals surface area contributed by atoms with Gasteiger partial charge in [-0.05, 0) is 38.8 Å². The van der Waals surface area contributed by atoms with Crippen LogP contribution >= 0.6 is 0 Å². The quantitative estimate of drug-likeness (QED) is 0.678. The SMILES string of the molecule is C[C@@]12CCCN1C1c3ccccc3OCC1C2. The number of benzene rings is 1. The predicted octanol–water partition coefficient (Wildman–Crippen LogP) is 2.99. The van der Waals surface area contributed by atoms with Crippen LogP contribution in [0.4, 0.5) is 0 Å². The molecule has 17 heavy (non-hydrogen) atoms. The van der Waals surface area contributed by atoms with Crippen molar-refractivity contribution in [3.05, 3.63) is 29.8 Å². The Kier molecular flexibility index (Phi) is 1.91. The molecule has 0 aromatic heterocycles. The highest BCUT2D eigenvalue weighted by molar-refractivity contribution is 5.39. The van der Waals surface area contributed by atoms with Crippen LogP contribution in [0.3, 0.4) is 0 Å². The highest BCUT2D eigenvalue weighted by Gasteiger charge is 2.53. The zero-order chi connectivity index (χ0) is 11.5. The number of fused-ring (bicyclic) bond motifs is 5. The van der Waals surface area contributed by atoms with E-state index >= 15 is 0 Å². The molecule has 0 amide bonds. The molecule has 3 aliphatic rings. The molecule has 0 bridgehead atoms. The topological polar surface area (TPSA) is 12.5 Å². The smallest absolute Gasteiger partial charge is 0.124 e. The van der Waals surface area contributed by atoms with E-state index in [2.05, 4.69) is 36.1 Å². The van der Waals surface area contributed by atoms with Crippen LogP contribution in [-0.4, -0.2) is 23.6 Å². The zero-order valence-corrected chi connectivity index (χ0v) is 10.4. The molecule has 0 aliphatic carbocycles. The highest BCUT2D eigenvalue weighted by atomic mass is 16.5. The molecular formula is C15H19NO. The van der Waals surface area contributed by atoms with Gasteiger partial charge in [-0.25, -0.2) is 0 Å². The molecule has 2 heteroatoms. The number of hydrogen-bond donors (Lipinski definition) is 0. The Bertz CT molecular complexity index is 458. The lowest BCUT2D eigenvalue weighted by molar-refractivity contribution is 0.129. The van der Waals surface area contributed by atoms with E-state index in [4.69, 9.17) is 4.74 Å². The lowest BCUT2D eigenvalue weighted by Gasteiger charge is -2.35. The van der Waals surface area contributed by atoms with Gasteiger partial charge in [0.1, 0.15) is 5.75 Å². The maximum atomic E-state index is 5.92. The van der Waals surface area contributed by atoms with Crippen molar-refractivity contribution in [2.75, 3.05) is 13.2 Å². The van der Waals surface area contributed by atoms with Gasteiger partial charge in [-0.15, -0.1) is 0 Å². The van der Waals surface area contributed by atoms with E-state index in [1.54, 1.807) is 0 Å². The van der Waals surface area contributed by atoms with Crippen molar-refractivity contribution in [1.82, 2.24) is 4.90 Å². The Hall–Kier alpha value is -1.02. The minimum atomic E-state index is 0.441. The predicted molar refractivity (Wildman–Crippen MR) is 67.1 cm³/mol. The van der Waals surface area contributed by atoms with Gasteiger partial charge in [0.2, 0.25) is 0 Å². The summed E-state index contributed by atoms with van der Waals surface area (Å²) in [4.78, 5) is 2.75. The summed E-state index contributed by atoms with van der Waals surface area (Å²) in [6, 6.07) is 9.23. The lowest BCUT2D eigenvalue weighted by atomic mass is 9.87. The second-order valence-corrected chi connectivity index (χ2v) is 6.05. The molecule has 0 radical (unpaired) electrons. The molecule has 2 saturated heterocycles. The summed E-state index contributed by atoms with van der Waals surface area (Å²) < 4.78 is 5.92. The van der Waals surface area contributed by atoms with Gasteiger partial charge in [0.25, 0.3) is 0 Å². The summed E-state index contributed by atoms with van der Waals surface area (Å²) in [5.74, 6) is 1.82. The van der Waals surface area contributed by atoms with Crippen LogP contribution in [0.2, 0.25) is 0 Å². The van der Waals surface area contributed by atoms with E-state index in [-0.39, 0.29) is 0 Å². The molecule has 3 atom stereocenters. The Morgan fingerprint density at radius 1 is 1.35 bits per heavy atom. The Morgan fingerprint density at radius 3 is 3.18 bits per heavy atom. The van der Waals surface area contributed by atoms with Gasteiger partial charge in [-0.2, -0.15) is 0 Å². The average molecular weight is 229 g/mol. The van der Waals surface area contributed by atoms with Crippen LogP contribution in [0.1, 0.15) is 37.8 Å². The second-order valence-electron chi connectivity index (χ2n) is 6.05. The van der Waals surface area contributed by atoms with Gasteiger partial charge >= 0.3 is 0 Å². The minimum absolute atomic E-state index is 0.441. The average Bonchev–Trinajstić information content (AvgIpc) is 2.82. The third kappa shape index (κ3) is 1.25. The second kappa shape index (κ2) is 3.26. The van der Waals surface area contributed by atoms with Crippen LogP contribution in [0.25, 0.3) is 0 Å². The van der Waals surface area contributed by atoms with Crippen molar-refractivity contribution in [2.45, 2.75) is 37.8 Å². The maximum absolute atomic E-state index is 5.92. The largest absolute Gasteiger partial charge is 0.493 e. The fourth-order valence-corrected chi connectivity index (χ4v) is 4.29. The van der Waals surface area contributed by atoms with Gasteiger partial charge < -0.3 is 4.74 Å². The van der Waals surface area contributed by atoms with Crippen molar-refractivity contribution in [1.29, 1.82) is 0 Å². The molecule has 2 nitrogen and oxygen atoms in total. The van der Waals surface area contributed by atoms with Gasteiger partial charge in [0.05, 0.1) is 6.61 Å². The van der Waals surface area contributed by atoms with Crippen molar-refractivity contribution < 1.29 is 4.74 Å². The summed E-state index contributed by atoms with van der Waals surface area (Å²) in [7, 11) is 0. The number of para-hydroxylation sites is 1. The third-order valence-electron chi connectivity index (χ3n) is 4.98. The lowest BCUT2D eigenvalue weighted by Crippen LogP contribution is -2.37. The van der Waals surface area contributed by atoms with Crippen LogP contribution in [0.5, 0.6) is 5.75 Å². The fourth-order valence-electron chi connectivity index (χ4n) is 4.29. The third-order valence-corrected chi connectivity index (χ3v) is 4.98. The molecule has 2 unspecified atom stereocenters. The minimum Gasteiger partial charge on any atom is -0.493 e. The van der Waals surface area contributed by atoms with E-state index in [1.165, 1.54) is 31.4 Å². The van der Waals surface area contributed by atoms with Crippen molar-refractivity contribution in [3.8, 4) is 5.75 Å². The number of nitrogens with zero attached hydrogens (tertiary/aromatic N) is 1. The van der Waals surface area contributed by atoms with E-state index in [1.807, 2.05) is 0 Å². The first kappa shape index (κ1) is 9.95. The summed E-state index contributed by atoms with van der Waals surface area (Å²) in [5.41, 5.74) is 1.87. The van der Waals surface area contributed by atoms with Crippen LogP contribution < -0.4 is 4.74 Å². The molecule has 3 heterocycles. The molecule has 3 aliphatic heterocycles. The molecule has 1 aromatic carbocycles. The van der Waals surface area contributed by atoms with Crippen molar-refractivity contribution >= 4 is 0 Å². The highest BCUT2D eigenvalue weighted by Crippen LogP contribution is 2.54. The molecule has 0 N–H and O–H groups in total. The molecule has 0 spiro atoms. The van der Waals surface area contributed by atoms with Crippen LogP contribution in [0, 0.1) is 5.92 Å².